The van der Waals surface area contributed by atoms with E-state index in [1.165, 1.54) is 32.1 Å². The number of nitrogens with one attached hydrogen (secondary N) is 2. The summed E-state index contributed by atoms with van der Waals surface area (Å²) in [7, 11) is 0. The fourth-order valence-electron chi connectivity index (χ4n) is 3.12. The van der Waals surface area contributed by atoms with E-state index >= 15 is 0 Å². The third-order valence-electron chi connectivity index (χ3n) is 4.19. The second-order valence-electron chi connectivity index (χ2n) is 5.73. The molecule has 0 radical (unpaired) electrons. The molecule has 1 aromatic rings. The van der Waals surface area contributed by atoms with E-state index in [4.69, 9.17) is 11.6 Å². The third kappa shape index (κ3) is 3.22. The predicted octanol–water partition coefficient (Wildman–Crippen LogP) is 4.37. The Bertz CT molecular complexity index is 543. The van der Waals surface area contributed by atoms with Gasteiger partial charge in [0.15, 0.2) is 0 Å². The number of likely N-dealkylation sites (N-methyl/N-ethyl adjacent to an activating group) is 1. The zero-order valence-electron chi connectivity index (χ0n) is 12.2. The maximum Gasteiger partial charge on any atom is 0.246 e. The van der Waals surface area contributed by atoms with Crippen LogP contribution in [0.1, 0.15) is 50.6 Å². The number of carbonyl (C=O) groups is 1. The third-order valence-corrected chi connectivity index (χ3v) is 6.01. The number of anilines is 1. The number of benzene rings is 1. The molecule has 0 aromatic heterocycles. The monoisotopic (exact) mass is 324 g/mol. The average molecular weight is 325 g/mol. The highest BCUT2D eigenvalue weighted by Gasteiger charge is 2.31. The largest absolute Gasteiger partial charge is 0.324 e. The van der Waals surface area contributed by atoms with Gasteiger partial charge >= 0.3 is 0 Å². The van der Waals surface area contributed by atoms with E-state index in [0.29, 0.717) is 5.25 Å². The Morgan fingerprint density at radius 3 is 2.81 bits per heavy atom. The van der Waals surface area contributed by atoms with Crippen LogP contribution in [-0.4, -0.2) is 17.7 Å². The van der Waals surface area contributed by atoms with Gasteiger partial charge in [-0.1, -0.05) is 37.8 Å². The van der Waals surface area contributed by atoms with Crippen LogP contribution in [0.3, 0.4) is 0 Å². The molecule has 1 amide bonds. The first kappa shape index (κ1) is 15.2. The van der Waals surface area contributed by atoms with Gasteiger partial charge in [-0.05, 0) is 31.5 Å². The molecule has 1 aliphatic carbocycles. The smallest absolute Gasteiger partial charge is 0.246 e. The Labute approximate surface area is 135 Å². The lowest BCUT2D eigenvalue weighted by Crippen LogP contribution is -2.27. The van der Waals surface area contributed by atoms with Gasteiger partial charge in [0.2, 0.25) is 5.91 Å². The zero-order valence-corrected chi connectivity index (χ0v) is 13.8. The number of hydrogen-bond donors (Lipinski definition) is 2. The van der Waals surface area contributed by atoms with Crippen molar-refractivity contribution in [3.63, 3.8) is 0 Å². The molecule has 1 fully saturated rings. The fraction of sp³-hybridized carbons (Fsp3) is 0.562. The summed E-state index contributed by atoms with van der Waals surface area (Å²) < 4.78 is 0. The van der Waals surface area contributed by atoms with Crippen LogP contribution in [0.5, 0.6) is 0 Å². The van der Waals surface area contributed by atoms with Gasteiger partial charge in [-0.25, -0.2) is 0 Å². The van der Waals surface area contributed by atoms with E-state index in [0.717, 1.165) is 27.7 Å². The Balaban J connectivity index is 1.81. The predicted molar refractivity (Wildman–Crippen MR) is 89.2 cm³/mol. The van der Waals surface area contributed by atoms with Crippen LogP contribution < -0.4 is 10.6 Å². The molecule has 3 nitrogen and oxygen atoms in total. The molecule has 1 saturated carbocycles. The zero-order chi connectivity index (χ0) is 14.8. The molecule has 0 spiro atoms. The van der Waals surface area contributed by atoms with Gasteiger partial charge in [0.05, 0.1) is 5.02 Å². The van der Waals surface area contributed by atoms with Crippen molar-refractivity contribution in [1.29, 1.82) is 0 Å². The van der Waals surface area contributed by atoms with Crippen LogP contribution in [0.4, 0.5) is 5.69 Å². The topological polar surface area (TPSA) is 41.1 Å². The van der Waals surface area contributed by atoms with Crippen molar-refractivity contribution in [2.24, 2.45) is 0 Å². The van der Waals surface area contributed by atoms with E-state index in [1.54, 1.807) is 0 Å². The van der Waals surface area contributed by atoms with Crippen LogP contribution in [-0.2, 0) is 4.79 Å². The Kier molecular flexibility index (Phi) is 4.77. The summed E-state index contributed by atoms with van der Waals surface area (Å²) in [4.78, 5) is 13.1. The van der Waals surface area contributed by atoms with Gasteiger partial charge in [0.25, 0.3) is 0 Å². The average Bonchev–Trinajstić information content (AvgIpc) is 2.77. The van der Waals surface area contributed by atoms with Crippen LogP contribution in [0.15, 0.2) is 17.0 Å². The minimum atomic E-state index is -0.267. The number of rotatable bonds is 4. The van der Waals surface area contributed by atoms with Crippen molar-refractivity contribution in [3.8, 4) is 0 Å². The SMILES string of the molecule is CCNC1C(=O)Nc2cc(SC3CCCCC3)c(Cl)cc21. The van der Waals surface area contributed by atoms with Crippen LogP contribution in [0.25, 0.3) is 0 Å². The standard InChI is InChI=1S/C16H21ClN2OS/c1-2-18-15-11-8-12(17)14(9-13(11)19-16(15)20)21-10-6-4-3-5-7-10/h8-10,15,18H,2-7H2,1H3,(H,19,20). The normalized spacial score (nSPS) is 22.2. The van der Waals surface area contributed by atoms with Crippen molar-refractivity contribution in [3.05, 3.63) is 22.7 Å². The van der Waals surface area contributed by atoms with Gasteiger partial charge < -0.3 is 10.6 Å². The Morgan fingerprint density at radius 1 is 1.33 bits per heavy atom. The molecule has 5 heteroatoms. The minimum Gasteiger partial charge on any atom is -0.324 e. The molecule has 1 atom stereocenters. The summed E-state index contributed by atoms with van der Waals surface area (Å²) >= 11 is 8.32. The quantitative estimate of drug-likeness (QED) is 0.864. The molecule has 1 aromatic carbocycles. The number of hydrogen-bond acceptors (Lipinski definition) is 3. The highest BCUT2D eigenvalue weighted by Crippen LogP contribution is 2.42. The summed E-state index contributed by atoms with van der Waals surface area (Å²) in [6.45, 7) is 2.76. The molecule has 1 aliphatic heterocycles. The van der Waals surface area contributed by atoms with Crippen molar-refractivity contribution in [2.45, 2.75) is 55.2 Å². The number of amides is 1. The summed E-state index contributed by atoms with van der Waals surface area (Å²) in [5.74, 6) is 0.0164. The molecule has 1 unspecified atom stereocenters. The lowest BCUT2D eigenvalue weighted by Gasteiger charge is -2.21. The molecule has 21 heavy (non-hydrogen) atoms. The first-order chi connectivity index (χ1) is 10.2. The van der Waals surface area contributed by atoms with E-state index in [-0.39, 0.29) is 11.9 Å². The van der Waals surface area contributed by atoms with Crippen LogP contribution in [0, 0.1) is 0 Å². The number of carbonyl (C=O) groups excluding carboxylic acids is 1. The van der Waals surface area contributed by atoms with Crippen LogP contribution in [0.2, 0.25) is 5.02 Å². The summed E-state index contributed by atoms with van der Waals surface area (Å²) in [5.41, 5.74) is 1.88. The van der Waals surface area contributed by atoms with E-state index < -0.39 is 0 Å². The van der Waals surface area contributed by atoms with E-state index in [2.05, 4.69) is 10.6 Å². The number of fused-ring (bicyclic) bond motifs is 1. The molecule has 0 saturated heterocycles. The highest BCUT2D eigenvalue weighted by molar-refractivity contribution is 8.00. The lowest BCUT2D eigenvalue weighted by atomic mass is 10.0. The molecule has 1 heterocycles. The van der Waals surface area contributed by atoms with Gasteiger partial charge in [0, 0.05) is 21.4 Å². The first-order valence-electron chi connectivity index (χ1n) is 7.73. The Morgan fingerprint density at radius 2 is 2.10 bits per heavy atom. The molecule has 2 aliphatic rings. The fourth-order valence-corrected chi connectivity index (χ4v) is 4.71. The highest BCUT2D eigenvalue weighted by atomic mass is 35.5. The number of thioether (sulfide) groups is 1. The van der Waals surface area contributed by atoms with Crippen molar-refractivity contribution in [1.82, 2.24) is 5.32 Å². The summed E-state index contributed by atoms with van der Waals surface area (Å²) in [6, 6.07) is 3.73. The minimum absolute atomic E-state index is 0.0164. The second kappa shape index (κ2) is 6.59. The molecule has 114 valence electrons. The number of halogens is 1. The molecule has 3 rings (SSSR count). The molecule has 2 N–H and O–H groups in total. The Hall–Kier alpha value is -0.710. The summed E-state index contributed by atoms with van der Waals surface area (Å²) in [6.07, 6.45) is 6.53. The maximum absolute atomic E-state index is 12.0. The maximum atomic E-state index is 12.0. The lowest BCUT2D eigenvalue weighted by molar-refractivity contribution is -0.117. The second-order valence-corrected chi connectivity index (χ2v) is 7.48. The first-order valence-corrected chi connectivity index (χ1v) is 8.99. The van der Waals surface area contributed by atoms with Gasteiger partial charge in [-0.15, -0.1) is 11.8 Å². The van der Waals surface area contributed by atoms with Crippen molar-refractivity contribution in [2.75, 3.05) is 11.9 Å². The van der Waals surface area contributed by atoms with Crippen molar-refractivity contribution >= 4 is 35.0 Å². The summed E-state index contributed by atoms with van der Waals surface area (Å²) in [5, 5.41) is 7.60. The molecular formula is C16H21ClN2OS. The van der Waals surface area contributed by atoms with E-state index in [9.17, 15) is 4.79 Å². The molecule has 0 bridgehead atoms. The van der Waals surface area contributed by atoms with E-state index in [1.807, 2.05) is 30.8 Å². The van der Waals surface area contributed by atoms with Gasteiger partial charge in [0.1, 0.15) is 6.04 Å². The van der Waals surface area contributed by atoms with Gasteiger partial charge in [-0.2, -0.15) is 0 Å². The van der Waals surface area contributed by atoms with Crippen LogP contribution >= 0.6 is 23.4 Å². The molecular weight excluding hydrogens is 304 g/mol. The van der Waals surface area contributed by atoms with Gasteiger partial charge in [-0.3, -0.25) is 4.79 Å². The van der Waals surface area contributed by atoms with Crippen molar-refractivity contribution < 1.29 is 4.79 Å².